The molecule has 2 atom stereocenters. The second-order valence-corrected chi connectivity index (χ2v) is 4.42. The summed E-state index contributed by atoms with van der Waals surface area (Å²) in [6, 6.07) is 0. The third-order valence-corrected chi connectivity index (χ3v) is 2.81. The number of ether oxygens (including phenoxy) is 2. The average molecular weight is 260 g/mol. The molecule has 2 unspecified atom stereocenters. The fourth-order valence-electron chi connectivity index (χ4n) is 1.77. The lowest BCUT2D eigenvalue weighted by Gasteiger charge is -2.28. The van der Waals surface area contributed by atoms with E-state index in [-0.39, 0.29) is 25.0 Å². The predicted molar refractivity (Wildman–Crippen MR) is 67.9 cm³/mol. The summed E-state index contributed by atoms with van der Waals surface area (Å²) in [4.78, 5) is 23.5. The molecule has 6 heteroatoms. The van der Waals surface area contributed by atoms with E-state index < -0.39 is 11.5 Å². The first-order valence-corrected chi connectivity index (χ1v) is 6.05. The fourth-order valence-corrected chi connectivity index (χ4v) is 1.77. The number of carbonyl (C=O) groups excluding carboxylic acids is 2. The van der Waals surface area contributed by atoms with Gasteiger partial charge in [0.15, 0.2) is 0 Å². The summed E-state index contributed by atoms with van der Waals surface area (Å²) in [5, 5.41) is 2.70. The molecule has 0 fully saturated rings. The van der Waals surface area contributed by atoms with Crippen molar-refractivity contribution in [2.45, 2.75) is 44.8 Å². The lowest BCUT2D eigenvalue weighted by atomic mass is 9.96. The molecule has 3 N–H and O–H groups in total. The summed E-state index contributed by atoms with van der Waals surface area (Å²) >= 11 is 0. The Balaban J connectivity index is 4.58. The van der Waals surface area contributed by atoms with Gasteiger partial charge >= 0.3 is 5.97 Å². The Morgan fingerprint density at radius 3 is 2.39 bits per heavy atom. The van der Waals surface area contributed by atoms with Crippen molar-refractivity contribution >= 4 is 11.9 Å². The molecule has 0 aromatic heterocycles. The van der Waals surface area contributed by atoms with Crippen LogP contribution >= 0.6 is 0 Å². The van der Waals surface area contributed by atoms with Crippen LogP contribution in [0.4, 0.5) is 0 Å². The van der Waals surface area contributed by atoms with Gasteiger partial charge in [-0.1, -0.05) is 13.3 Å². The zero-order chi connectivity index (χ0) is 14.2. The van der Waals surface area contributed by atoms with E-state index in [0.717, 1.165) is 6.42 Å². The number of amides is 1. The molecular weight excluding hydrogens is 236 g/mol. The van der Waals surface area contributed by atoms with Crippen LogP contribution in [-0.4, -0.2) is 44.3 Å². The highest BCUT2D eigenvalue weighted by Gasteiger charge is 2.35. The minimum absolute atomic E-state index is 0.128. The normalized spacial score (nSPS) is 15.6. The maximum Gasteiger partial charge on any atom is 0.331 e. The minimum Gasteiger partial charge on any atom is -0.467 e. The van der Waals surface area contributed by atoms with E-state index in [2.05, 4.69) is 5.32 Å². The van der Waals surface area contributed by atoms with Crippen LogP contribution in [0.5, 0.6) is 0 Å². The van der Waals surface area contributed by atoms with Crippen LogP contribution in [0.15, 0.2) is 0 Å². The van der Waals surface area contributed by atoms with E-state index >= 15 is 0 Å². The zero-order valence-electron chi connectivity index (χ0n) is 11.6. The number of nitrogens with one attached hydrogen (secondary N) is 1. The highest BCUT2D eigenvalue weighted by Crippen LogP contribution is 2.15. The molecule has 18 heavy (non-hydrogen) atoms. The first-order valence-electron chi connectivity index (χ1n) is 6.05. The van der Waals surface area contributed by atoms with E-state index in [4.69, 9.17) is 15.2 Å². The predicted octanol–water partition coefficient (Wildman–Crippen LogP) is 0.198. The largest absolute Gasteiger partial charge is 0.467 e. The molecule has 0 spiro atoms. The number of rotatable bonds is 8. The molecule has 0 aromatic carbocycles. The molecule has 0 radical (unpaired) electrons. The number of hydrogen-bond acceptors (Lipinski definition) is 5. The molecule has 0 aliphatic carbocycles. The lowest BCUT2D eigenvalue weighted by molar-refractivity contribution is -0.150. The summed E-state index contributed by atoms with van der Waals surface area (Å²) in [5.74, 6) is -0.715. The van der Waals surface area contributed by atoms with Gasteiger partial charge in [0.2, 0.25) is 5.91 Å². The van der Waals surface area contributed by atoms with Crippen LogP contribution in [0.1, 0.15) is 33.1 Å². The number of carbonyl (C=O) groups is 2. The van der Waals surface area contributed by atoms with E-state index in [9.17, 15) is 9.59 Å². The van der Waals surface area contributed by atoms with E-state index in [1.807, 2.05) is 6.92 Å². The molecule has 0 saturated heterocycles. The number of esters is 1. The summed E-state index contributed by atoms with van der Waals surface area (Å²) in [5.41, 5.74) is 4.45. The minimum atomic E-state index is -0.993. The fraction of sp³-hybridized carbons (Fsp3) is 0.833. The standard InChI is InChI=1S/C12H24N2O4/c1-5-6-12(2,11(16)18-4)14-10(15)7-9(8-13)17-3/h9H,5-8,13H2,1-4H3,(H,14,15). The third-order valence-electron chi connectivity index (χ3n) is 2.81. The Morgan fingerprint density at radius 1 is 1.39 bits per heavy atom. The molecule has 0 rings (SSSR count). The number of nitrogens with two attached hydrogens (primary N) is 1. The van der Waals surface area contributed by atoms with Crippen molar-refractivity contribution in [1.29, 1.82) is 0 Å². The highest BCUT2D eigenvalue weighted by atomic mass is 16.5. The van der Waals surface area contributed by atoms with Gasteiger partial charge < -0.3 is 20.5 Å². The first kappa shape index (κ1) is 16.9. The zero-order valence-corrected chi connectivity index (χ0v) is 11.6. The summed E-state index contributed by atoms with van der Waals surface area (Å²) in [6.07, 6.45) is 1.07. The molecule has 1 amide bonds. The quantitative estimate of drug-likeness (QED) is 0.608. The second kappa shape index (κ2) is 8.05. The van der Waals surface area contributed by atoms with Crippen molar-refractivity contribution in [3.63, 3.8) is 0 Å². The molecular formula is C12H24N2O4. The van der Waals surface area contributed by atoms with Gasteiger partial charge in [0.25, 0.3) is 0 Å². The highest BCUT2D eigenvalue weighted by molar-refractivity contribution is 5.87. The van der Waals surface area contributed by atoms with Gasteiger partial charge in [0.05, 0.1) is 19.6 Å². The van der Waals surface area contributed by atoms with E-state index in [0.29, 0.717) is 6.42 Å². The Morgan fingerprint density at radius 2 is 2.00 bits per heavy atom. The summed E-state index contributed by atoms with van der Waals surface area (Å²) < 4.78 is 9.75. The maximum atomic E-state index is 11.8. The Hall–Kier alpha value is -1.14. The van der Waals surface area contributed by atoms with Crippen molar-refractivity contribution < 1.29 is 19.1 Å². The molecule has 0 aliphatic heterocycles. The van der Waals surface area contributed by atoms with Crippen LogP contribution in [0, 0.1) is 0 Å². The van der Waals surface area contributed by atoms with Crippen molar-refractivity contribution in [2.75, 3.05) is 20.8 Å². The van der Waals surface area contributed by atoms with Crippen molar-refractivity contribution in [3.8, 4) is 0 Å². The van der Waals surface area contributed by atoms with Crippen LogP contribution in [0.25, 0.3) is 0 Å². The number of methoxy groups -OCH3 is 2. The molecule has 0 aliphatic rings. The molecule has 0 bridgehead atoms. The Kier molecular flexibility index (Phi) is 7.54. The molecule has 0 aromatic rings. The first-order chi connectivity index (χ1) is 8.43. The van der Waals surface area contributed by atoms with Gasteiger partial charge in [0, 0.05) is 13.7 Å². The van der Waals surface area contributed by atoms with E-state index in [1.165, 1.54) is 14.2 Å². The Labute approximate surface area is 108 Å². The summed E-state index contributed by atoms with van der Waals surface area (Å²) in [6.45, 7) is 3.85. The second-order valence-electron chi connectivity index (χ2n) is 4.42. The van der Waals surface area contributed by atoms with Gasteiger partial charge in [-0.15, -0.1) is 0 Å². The smallest absolute Gasteiger partial charge is 0.331 e. The molecule has 0 heterocycles. The SMILES string of the molecule is CCCC(C)(NC(=O)CC(CN)OC)C(=O)OC. The van der Waals surface area contributed by atoms with Crippen LogP contribution in [-0.2, 0) is 19.1 Å². The number of hydrogen-bond donors (Lipinski definition) is 2. The maximum absolute atomic E-state index is 11.8. The topological polar surface area (TPSA) is 90.7 Å². The monoisotopic (exact) mass is 260 g/mol. The van der Waals surface area contributed by atoms with Gasteiger partial charge in [0.1, 0.15) is 5.54 Å². The van der Waals surface area contributed by atoms with E-state index in [1.54, 1.807) is 6.92 Å². The third kappa shape index (κ3) is 5.01. The average Bonchev–Trinajstić information content (AvgIpc) is 2.34. The van der Waals surface area contributed by atoms with Crippen molar-refractivity contribution in [1.82, 2.24) is 5.32 Å². The lowest BCUT2D eigenvalue weighted by Crippen LogP contribution is -2.53. The van der Waals surface area contributed by atoms with Gasteiger partial charge in [-0.2, -0.15) is 0 Å². The van der Waals surface area contributed by atoms with Crippen molar-refractivity contribution in [2.24, 2.45) is 5.73 Å². The Bertz CT molecular complexity index is 279. The van der Waals surface area contributed by atoms with Gasteiger partial charge in [-0.3, -0.25) is 4.79 Å². The molecule has 6 nitrogen and oxygen atoms in total. The van der Waals surface area contributed by atoms with Crippen LogP contribution in [0.2, 0.25) is 0 Å². The van der Waals surface area contributed by atoms with Gasteiger partial charge in [-0.05, 0) is 13.3 Å². The van der Waals surface area contributed by atoms with Crippen LogP contribution in [0.3, 0.4) is 0 Å². The van der Waals surface area contributed by atoms with Crippen LogP contribution < -0.4 is 11.1 Å². The van der Waals surface area contributed by atoms with Crippen molar-refractivity contribution in [3.05, 3.63) is 0 Å². The molecule has 0 saturated carbocycles. The molecule has 106 valence electrons. The van der Waals surface area contributed by atoms with Gasteiger partial charge in [-0.25, -0.2) is 4.79 Å². The summed E-state index contributed by atoms with van der Waals surface area (Å²) in [7, 11) is 2.80.